The topological polar surface area (TPSA) is 49.9 Å². The highest BCUT2D eigenvalue weighted by molar-refractivity contribution is 8.00. The summed E-state index contributed by atoms with van der Waals surface area (Å²) < 4.78 is 15.5. The molecule has 0 bridgehead atoms. The van der Waals surface area contributed by atoms with Crippen molar-refractivity contribution in [3.63, 3.8) is 0 Å². The quantitative estimate of drug-likeness (QED) is 0.514. The van der Waals surface area contributed by atoms with Gasteiger partial charge in [0, 0.05) is 26.9 Å². The van der Waals surface area contributed by atoms with E-state index in [1.165, 1.54) is 12.1 Å². The van der Waals surface area contributed by atoms with Gasteiger partial charge in [0.05, 0.1) is 17.2 Å². The number of benzene rings is 2. The van der Waals surface area contributed by atoms with E-state index >= 15 is 0 Å². The molecule has 2 aromatic carbocycles. The highest BCUT2D eigenvalue weighted by atomic mass is 35.5. The number of azo groups is 1. The van der Waals surface area contributed by atoms with Crippen LogP contribution in [0.3, 0.4) is 0 Å². The monoisotopic (exact) mass is 395 g/mol. The van der Waals surface area contributed by atoms with Gasteiger partial charge in [-0.2, -0.15) is 16.9 Å². The Morgan fingerprint density at radius 1 is 1.08 bits per heavy atom. The molecule has 4 rings (SSSR count). The van der Waals surface area contributed by atoms with Crippen LogP contribution in [-0.2, 0) is 0 Å². The summed E-state index contributed by atoms with van der Waals surface area (Å²) in [7, 11) is 0. The lowest BCUT2D eigenvalue weighted by Crippen LogP contribution is -2.22. The van der Waals surface area contributed by atoms with Crippen LogP contribution < -0.4 is 0 Å². The lowest BCUT2D eigenvalue weighted by Gasteiger charge is -2.27. The van der Waals surface area contributed by atoms with Crippen molar-refractivity contribution >= 4 is 57.2 Å². The highest BCUT2D eigenvalue weighted by Crippen LogP contribution is 2.45. The average Bonchev–Trinajstić information content (AvgIpc) is 2.75. The Hall–Kier alpha value is -1.76. The Morgan fingerprint density at radius 3 is 2.44 bits per heavy atom. The smallest absolute Gasteiger partial charge is 0.221 e. The van der Waals surface area contributed by atoms with Crippen LogP contribution in [0.25, 0.3) is 10.9 Å². The zero-order chi connectivity index (χ0) is 17.6. The number of fused-ring (bicyclic) bond motifs is 1. The molecule has 1 fully saturated rings. The first kappa shape index (κ1) is 16.7. The van der Waals surface area contributed by atoms with Crippen LogP contribution in [-0.4, -0.2) is 21.2 Å². The van der Waals surface area contributed by atoms with E-state index in [9.17, 15) is 9.50 Å². The Morgan fingerprint density at radius 2 is 1.80 bits per heavy atom. The zero-order valence-corrected chi connectivity index (χ0v) is 15.1. The number of halogens is 3. The lowest BCUT2D eigenvalue weighted by atomic mass is 10.2. The van der Waals surface area contributed by atoms with Gasteiger partial charge < -0.3 is 9.67 Å². The summed E-state index contributed by atoms with van der Waals surface area (Å²) in [5.74, 6) is 1.39. The minimum Gasteiger partial charge on any atom is -0.493 e. The molecule has 25 heavy (non-hydrogen) atoms. The molecule has 1 N–H and O–H groups in total. The van der Waals surface area contributed by atoms with Crippen LogP contribution in [0.5, 0.6) is 5.88 Å². The van der Waals surface area contributed by atoms with E-state index in [0.717, 1.165) is 17.0 Å². The Balaban J connectivity index is 1.84. The van der Waals surface area contributed by atoms with Crippen molar-refractivity contribution in [2.24, 2.45) is 10.2 Å². The number of nitrogens with zero attached hydrogens (tertiary/aromatic N) is 3. The number of hydrogen-bond donors (Lipinski definition) is 1. The molecular weight excluding hydrogens is 384 g/mol. The van der Waals surface area contributed by atoms with Gasteiger partial charge in [0.1, 0.15) is 5.82 Å². The third kappa shape index (κ3) is 3.10. The average molecular weight is 396 g/mol. The van der Waals surface area contributed by atoms with Crippen LogP contribution in [0.15, 0.2) is 46.6 Å². The summed E-state index contributed by atoms with van der Waals surface area (Å²) in [5, 5.41) is 20.3. The van der Waals surface area contributed by atoms with Gasteiger partial charge in [0.2, 0.25) is 5.88 Å². The number of aromatic hydroxyl groups is 1. The Labute approximate surface area is 157 Å². The fourth-order valence-corrected chi connectivity index (χ4v) is 4.06. The molecule has 0 aliphatic carbocycles. The second-order valence-electron chi connectivity index (χ2n) is 5.72. The van der Waals surface area contributed by atoms with Crippen molar-refractivity contribution in [1.82, 2.24) is 4.57 Å². The van der Waals surface area contributed by atoms with E-state index in [-0.39, 0.29) is 17.6 Å². The highest BCUT2D eigenvalue weighted by Gasteiger charge is 2.27. The van der Waals surface area contributed by atoms with Gasteiger partial charge in [0.15, 0.2) is 5.69 Å². The molecule has 0 radical (unpaired) electrons. The molecule has 2 heterocycles. The van der Waals surface area contributed by atoms with Gasteiger partial charge in [-0.3, -0.25) is 0 Å². The van der Waals surface area contributed by atoms with Gasteiger partial charge >= 0.3 is 0 Å². The molecule has 1 aliphatic heterocycles. The molecule has 8 heteroatoms. The van der Waals surface area contributed by atoms with Gasteiger partial charge in [-0.15, -0.1) is 5.11 Å². The summed E-state index contributed by atoms with van der Waals surface area (Å²) in [6.07, 6.45) is 0. The van der Waals surface area contributed by atoms with E-state index in [4.69, 9.17) is 23.2 Å². The molecule has 0 unspecified atom stereocenters. The summed E-state index contributed by atoms with van der Waals surface area (Å²) in [4.78, 5) is 0. The van der Waals surface area contributed by atoms with E-state index in [1.54, 1.807) is 40.6 Å². The molecule has 4 nitrogen and oxygen atoms in total. The molecule has 1 aliphatic rings. The Kier molecular flexibility index (Phi) is 4.35. The normalized spacial score (nSPS) is 15.2. The van der Waals surface area contributed by atoms with E-state index in [2.05, 4.69) is 10.2 Å². The molecule has 0 amide bonds. The van der Waals surface area contributed by atoms with Crippen LogP contribution in [0.2, 0.25) is 10.0 Å². The number of thioether (sulfide) groups is 1. The summed E-state index contributed by atoms with van der Waals surface area (Å²) in [6.45, 7) is 0. The third-order valence-electron chi connectivity index (χ3n) is 4.01. The summed E-state index contributed by atoms with van der Waals surface area (Å²) >= 11 is 13.7. The van der Waals surface area contributed by atoms with Gasteiger partial charge in [-0.1, -0.05) is 23.2 Å². The van der Waals surface area contributed by atoms with Crippen LogP contribution in [0.1, 0.15) is 6.04 Å². The summed E-state index contributed by atoms with van der Waals surface area (Å²) in [6, 6.07) is 9.37. The maximum absolute atomic E-state index is 13.7. The maximum Gasteiger partial charge on any atom is 0.221 e. The van der Waals surface area contributed by atoms with Crippen molar-refractivity contribution in [3.8, 4) is 5.88 Å². The van der Waals surface area contributed by atoms with Crippen molar-refractivity contribution in [3.05, 3.63) is 52.3 Å². The molecule has 0 saturated carbocycles. The maximum atomic E-state index is 13.7. The van der Waals surface area contributed by atoms with Crippen molar-refractivity contribution < 1.29 is 9.50 Å². The largest absolute Gasteiger partial charge is 0.493 e. The molecule has 1 aromatic heterocycles. The predicted octanol–water partition coefficient (Wildman–Crippen LogP) is 6.50. The lowest BCUT2D eigenvalue weighted by molar-refractivity contribution is 0.406. The fourth-order valence-electron chi connectivity index (χ4n) is 2.80. The third-order valence-corrected chi connectivity index (χ3v) is 5.69. The standard InChI is InChI=1S/C17H12Cl2FN3OS/c18-9-3-10(19)5-12(4-9)21-22-16-14-6-11(20)1-2-15(14)23(17(16)24)13-7-25-8-13/h1-6,13,24H,7-8H2. The van der Waals surface area contributed by atoms with E-state index < -0.39 is 5.82 Å². The van der Waals surface area contributed by atoms with Crippen LogP contribution in [0, 0.1) is 5.82 Å². The first-order chi connectivity index (χ1) is 12.0. The number of aromatic nitrogens is 1. The molecule has 128 valence electrons. The fraction of sp³-hybridized carbons (Fsp3) is 0.176. The van der Waals surface area contributed by atoms with Gasteiger partial charge in [0.25, 0.3) is 0 Å². The zero-order valence-electron chi connectivity index (χ0n) is 12.8. The Bertz CT molecular complexity index is 981. The molecular formula is C17H12Cl2FN3OS. The minimum atomic E-state index is -0.394. The summed E-state index contributed by atoms with van der Waals surface area (Å²) in [5.41, 5.74) is 1.43. The number of rotatable bonds is 3. The van der Waals surface area contributed by atoms with E-state index in [0.29, 0.717) is 21.1 Å². The number of hydrogen-bond acceptors (Lipinski definition) is 4. The molecule has 1 saturated heterocycles. The van der Waals surface area contributed by atoms with Gasteiger partial charge in [-0.05, 0) is 36.4 Å². The van der Waals surface area contributed by atoms with Crippen LogP contribution >= 0.6 is 35.0 Å². The molecule has 0 spiro atoms. The second kappa shape index (κ2) is 6.52. The van der Waals surface area contributed by atoms with Crippen molar-refractivity contribution in [1.29, 1.82) is 0 Å². The molecule has 0 atom stereocenters. The SMILES string of the molecule is Oc1c(N=Nc2cc(Cl)cc(Cl)c2)c2cc(F)ccc2n1C1CSC1. The van der Waals surface area contributed by atoms with Crippen molar-refractivity contribution in [2.75, 3.05) is 11.5 Å². The van der Waals surface area contributed by atoms with Crippen LogP contribution in [0.4, 0.5) is 15.8 Å². The first-order valence-electron chi connectivity index (χ1n) is 7.51. The van der Waals surface area contributed by atoms with E-state index in [1.807, 2.05) is 0 Å². The van der Waals surface area contributed by atoms with Gasteiger partial charge in [-0.25, -0.2) is 4.39 Å². The van der Waals surface area contributed by atoms with Crippen molar-refractivity contribution in [2.45, 2.75) is 6.04 Å². The second-order valence-corrected chi connectivity index (χ2v) is 7.67. The molecule has 3 aromatic rings. The minimum absolute atomic E-state index is 0.0113. The first-order valence-corrected chi connectivity index (χ1v) is 9.42. The predicted molar refractivity (Wildman–Crippen MR) is 101 cm³/mol.